The molecule has 0 radical (unpaired) electrons. The molecule has 2 heterocycles. The number of benzene rings is 2. The third kappa shape index (κ3) is 5.98. The van der Waals surface area contributed by atoms with Crippen molar-refractivity contribution in [3.8, 4) is 11.5 Å². The summed E-state index contributed by atoms with van der Waals surface area (Å²) in [6.07, 6.45) is 0.386. The molecule has 0 bridgehead atoms. The van der Waals surface area contributed by atoms with Gasteiger partial charge in [-0.25, -0.2) is 9.40 Å². The van der Waals surface area contributed by atoms with E-state index in [1.165, 1.54) is 33.4 Å². The highest BCUT2D eigenvalue weighted by Crippen LogP contribution is 2.36. The van der Waals surface area contributed by atoms with Gasteiger partial charge in [0, 0.05) is 31.7 Å². The van der Waals surface area contributed by atoms with Crippen LogP contribution in [0.1, 0.15) is 33.3 Å². The van der Waals surface area contributed by atoms with Crippen LogP contribution in [0.25, 0.3) is 0 Å². The van der Waals surface area contributed by atoms with Crippen LogP contribution in [0.15, 0.2) is 65.1 Å². The fourth-order valence-corrected chi connectivity index (χ4v) is 4.82. The lowest BCUT2D eigenvalue weighted by Crippen LogP contribution is -2.42. The van der Waals surface area contributed by atoms with Gasteiger partial charge in [-0.3, -0.25) is 9.59 Å². The molecule has 0 N–H and O–H groups in total. The summed E-state index contributed by atoms with van der Waals surface area (Å²) in [5, 5.41) is 7.87. The molecule has 37 heavy (non-hydrogen) atoms. The van der Waals surface area contributed by atoms with E-state index >= 15 is 0 Å². The number of thiophene rings is 1. The van der Waals surface area contributed by atoms with Gasteiger partial charge in [0.05, 0.1) is 37.5 Å². The van der Waals surface area contributed by atoms with Crippen LogP contribution in [0.5, 0.6) is 11.5 Å². The minimum absolute atomic E-state index is 0.186. The average molecular weight is 526 g/mol. The summed E-state index contributed by atoms with van der Waals surface area (Å²) in [6.45, 7) is 0.342. The van der Waals surface area contributed by atoms with E-state index in [2.05, 4.69) is 5.10 Å². The molecule has 0 spiro atoms. The van der Waals surface area contributed by atoms with Crippen molar-refractivity contribution in [2.75, 3.05) is 41.0 Å². The number of halogens is 1. The molecule has 0 fully saturated rings. The lowest BCUT2D eigenvalue weighted by atomic mass is 9.97. The summed E-state index contributed by atoms with van der Waals surface area (Å²) < 4.78 is 29.7. The van der Waals surface area contributed by atoms with Crippen molar-refractivity contribution in [1.29, 1.82) is 0 Å². The monoisotopic (exact) mass is 525 g/mol. The highest BCUT2D eigenvalue weighted by Gasteiger charge is 2.35. The van der Waals surface area contributed by atoms with E-state index in [0.717, 1.165) is 11.1 Å². The first-order valence-electron chi connectivity index (χ1n) is 11.6. The molecule has 194 valence electrons. The van der Waals surface area contributed by atoms with Gasteiger partial charge >= 0.3 is 0 Å². The third-order valence-corrected chi connectivity index (χ3v) is 6.91. The molecular formula is C27H28FN3O5S. The Hall–Kier alpha value is -3.76. The standard InChI is InChI=1S/C27H28FN3O5S/c1-34-13-12-30(27(33)25-5-4-14-37-25)17-26(32)31-23(18-6-8-19(28)9-7-18)16-22(29-31)21-11-10-20(35-2)15-24(21)36-3/h4-11,14-15,23H,12-13,16-17H2,1-3H3/t23-/m0/s1. The second-order valence-corrected chi connectivity index (χ2v) is 9.27. The molecule has 3 aromatic rings. The molecule has 2 amide bonds. The molecule has 8 nitrogen and oxygen atoms in total. The first-order chi connectivity index (χ1) is 17.9. The van der Waals surface area contributed by atoms with Crippen molar-refractivity contribution < 1.29 is 28.2 Å². The van der Waals surface area contributed by atoms with Crippen molar-refractivity contribution in [2.24, 2.45) is 5.10 Å². The smallest absolute Gasteiger partial charge is 0.264 e. The van der Waals surface area contributed by atoms with E-state index in [4.69, 9.17) is 14.2 Å². The predicted octanol–water partition coefficient (Wildman–Crippen LogP) is 4.37. The molecule has 0 unspecified atom stereocenters. The number of hydrogen-bond acceptors (Lipinski definition) is 7. The van der Waals surface area contributed by atoms with Gasteiger partial charge in [0.1, 0.15) is 23.9 Å². The van der Waals surface area contributed by atoms with Crippen molar-refractivity contribution in [1.82, 2.24) is 9.91 Å². The second kappa shape index (κ2) is 12.0. The van der Waals surface area contributed by atoms with E-state index in [0.29, 0.717) is 28.5 Å². The van der Waals surface area contributed by atoms with E-state index in [1.54, 1.807) is 57.7 Å². The zero-order valence-corrected chi connectivity index (χ0v) is 21.7. The molecule has 1 aliphatic rings. The maximum Gasteiger partial charge on any atom is 0.264 e. The number of ether oxygens (including phenoxy) is 3. The van der Waals surface area contributed by atoms with Crippen LogP contribution in [0.2, 0.25) is 0 Å². The van der Waals surface area contributed by atoms with Crippen LogP contribution in [-0.2, 0) is 9.53 Å². The number of hydrazone groups is 1. The maximum atomic E-state index is 13.7. The zero-order valence-electron chi connectivity index (χ0n) is 20.8. The van der Waals surface area contributed by atoms with Crippen LogP contribution < -0.4 is 9.47 Å². The first-order valence-corrected chi connectivity index (χ1v) is 12.5. The molecule has 1 atom stereocenters. The van der Waals surface area contributed by atoms with Gasteiger partial charge in [-0.2, -0.15) is 5.10 Å². The maximum absolute atomic E-state index is 13.7. The minimum Gasteiger partial charge on any atom is -0.497 e. The Morgan fingerprint density at radius 1 is 1.11 bits per heavy atom. The van der Waals surface area contributed by atoms with Gasteiger partial charge in [-0.15, -0.1) is 11.3 Å². The molecule has 4 rings (SSSR count). The Bertz CT molecular complexity index is 1260. The largest absolute Gasteiger partial charge is 0.497 e. The van der Waals surface area contributed by atoms with Gasteiger partial charge in [0.25, 0.3) is 11.8 Å². The highest BCUT2D eigenvalue weighted by atomic mass is 32.1. The quantitative estimate of drug-likeness (QED) is 0.393. The van der Waals surface area contributed by atoms with Gasteiger partial charge in [0.15, 0.2) is 0 Å². The van der Waals surface area contributed by atoms with Crippen LogP contribution in [0.3, 0.4) is 0 Å². The van der Waals surface area contributed by atoms with Crippen molar-refractivity contribution in [3.05, 3.63) is 81.8 Å². The summed E-state index contributed by atoms with van der Waals surface area (Å²) in [6, 6.07) is 14.4. The Labute approximate surface area is 218 Å². The van der Waals surface area contributed by atoms with Crippen LogP contribution >= 0.6 is 11.3 Å². The molecule has 2 aromatic carbocycles. The van der Waals surface area contributed by atoms with E-state index in [1.807, 2.05) is 11.4 Å². The fraction of sp³-hybridized carbons (Fsp3) is 0.296. The van der Waals surface area contributed by atoms with E-state index in [9.17, 15) is 14.0 Å². The average Bonchev–Trinajstić information content (AvgIpc) is 3.61. The van der Waals surface area contributed by atoms with E-state index < -0.39 is 6.04 Å². The number of nitrogens with zero attached hydrogens (tertiary/aromatic N) is 3. The lowest BCUT2D eigenvalue weighted by Gasteiger charge is -2.26. The lowest BCUT2D eigenvalue weighted by molar-refractivity contribution is -0.133. The Kier molecular flexibility index (Phi) is 8.52. The first kappa shape index (κ1) is 26.3. The van der Waals surface area contributed by atoms with Crippen LogP contribution in [0.4, 0.5) is 4.39 Å². The molecule has 1 aromatic heterocycles. The van der Waals surface area contributed by atoms with Crippen molar-refractivity contribution in [2.45, 2.75) is 12.5 Å². The number of hydrogen-bond donors (Lipinski definition) is 0. The van der Waals surface area contributed by atoms with Gasteiger partial charge in [0.2, 0.25) is 0 Å². The van der Waals surface area contributed by atoms with Crippen LogP contribution in [0, 0.1) is 5.82 Å². The summed E-state index contributed by atoms with van der Waals surface area (Å²) in [4.78, 5) is 28.7. The van der Waals surface area contributed by atoms with E-state index in [-0.39, 0.29) is 37.3 Å². The topological polar surface area (TPSA) is 80.7 Å². The number of rotatable bonds is 10. The number of carbonyl (C=O) groups is 2. The predicted molar refractivity (Wildman–Crippen MR) is 139 cm³/mol. The molecular weight excluding hydrogens is 497 g/mol. The molecule has 0 saturated heterocycles. The van der Waals surface area contributed by atoms with Gasteiger partial charge < -0.3 is 19.1 Å². The SMILES string of the molecule is COCCN(CC(=O)N1N=C(c2ccc(OC)cc2OC)C[C@H]1c1ccc(F)cc1)C(=O)c1cccs1. The van der Waals surface area contributed by atoms with Crippen molar-refractivity contribution >= 4 is 28.9 Å². The number of carbonyl (C=O) groups excluding carboxylic acids is 2. The number of amides is 2. The highest BCUT2D eigenvalue weighted by molar-refractivity contribution is 7.12. The fourth-order valence-electron chi connectivity index (χ4n) is 4.13. The zero-order chi connectivity index (χ0) is 26.4. The summed E-state index contributed by atoms with van der Waals surface area (Å²) in [5.41, 5.74) is 2.08. The summed E-state index contributed by atoms with van der Waals surface area (Å²) in [5.74, 6) is 0.199. The number of methoxy groups -OCH3 is 3. The summed E-state index contributed by atoms with van der Waals surface area (Å²) >= 11 is 1.31. The molecule has 0 aliphatic carbocycles. The van der Waals surface area contributed by atoms with Crippen LogP contribution in [-0.4, -0.2) is 68.5 Å². The Morgan fingerprint density at radius 2 is 1.89 bits per heavy atom. The van der Waals surface area contributed by atoms with Crippen molar-refractivity contribution in [3.63, 3.8) is 0 Å². The van der Waals surface area contributed by atoms with Gasteiger partial charge in [-0.05, 0) is 41.3 Å². The molecule has 0 saturated carbocycles. The second-order valence-electron chi connectivity index (χ2n) is 8.32. The molecule has 1 aliphatic heterocycles. The Morgan fingerprint density at radius 3 is 2.54 bits per heavy atom. The normalized spacial score (nSPS) is 14.9. The summed E-state index contributed by atoms with van der Waals surface area (Å²) in [7, 11) is 4.66. The third-order valence-electron chi connectivity index (χ3n) is 6.05. The molecule has 10 heteroatoms. The van der Waals surface area contributed by atoms with Gasteiger partial charge in [-0.1, -0.05) is 18.2 Å². The Balaban J connectivity index is 1.66. The minimum atomic E-state index is -0.476.